The van der Waals surface area contributed by atoms with E-state index in [1.54, 1.807) is 75.5 Å². The summed E-state index contributed by atoms with van der Waals surface area (Å²) in [4.78, 5) is 189. The molecule has 0 aliphatic rings. The van der Waals surface area contributed by atoms with Gasteiger partial charge in [0.15, 0.2) is 5.96 Å². The van der Waals surface area contributed by atoms with Crippen LogP contribution >= 0.6 is 11.8 Å². The number of nitrogens with zero attached hydrogens (tertiary/aromatic N) is 1. The maximum absolute atomic E-state index is 14.2. The Balaban J connectivity index is 6.34. The first-order chi connectivity index (χ1) is 42.7. The molecule has 0 aromatic rings. The molecule has 0 aromatic carbocycles. The van der Waals surface area contributed by atoms with Gasteiger partial charge in [-0.3, -0.25) is 72.1 Å². The van der Waals surface area contributed by atoms with E-state index in [0.29, 0.717) is 5.75 Å². The van der Waals surface area contributed by atoms with Crippen molar-refractivity contribution in [3.8, 4) is 0 Å². The van der Waals surface area contributed by atoms with Gasteiger partial charge in [-0.05, 0) is 107 Å². The smallest absolute Gasteiger partial charge is 0.322 e. The van der Waals surface area contributed by atoms with Crippen molar-refractivity contribution in [1.29, 1.82) is 0 Å². The minimum Gasteiger partial charge on any atom is -0.481 e. The average Bonchev–Trinajstić information content (AvgIpc) is 0.954. The summed E-state index contributed by atoms with van der Waals surface area (Å²) in [7, 11) is 0. The van der Waals surface area contributed by atoms with Gasteiger partial charge in [0.1, 0.15) is 67.0 Å². The molecule has 0 aromatic heterocycles. The van der Waals surface area contributed by atoms with E-state index in [4.69, 9.17) is 22.3 Å². The van der Waals surface area contributed by atoms with Crippen LogP contribution < -0.4 is 81.0 Å². The number of guanidine groups is 1. The Morgan fingerprint density at radius 1 is 0.424 bits per heavy atom. The van der Waals surface area contributed by atoms with Gasteiger partial charge in [-0.15, -0.1) is 0 Å². The van der Waals surface area contributed by atoms with E-state index in [9.17, 15) is 77.3 Å². The molecular formula is C58H104N16O17S. The van der Waals surface area contributed by atoms with Crippen LogP contribution in [0.3, 0.4) is 0 Å². The number of hydrogen-bond acceptors (Lipinski definition) is 18. The summed E-state index contributed by atoms with van der Waals surface area (Å²) < 4.78 is 0. The molecule has 21 N–H and O–H groups in total. The van der Waals surface area contributed by atoms with Crippen molar-refractivity contribution in [1.82, 2.24) is 63.8 Å². The number of nitrogens with one attached hydrogen (secondary N) is 12. The van der Waals surface area contributed by atoms with Crippen LogP contribution in [-0.4, -0.2) is 208 Å². The molecule has 33 nitrogen and oxygen atoms in total. The molecule has 0 aliphatic heterocycles. The van der Waals surface area contributed by atoms with Crippen LogP contribution in [0, 0.1) is 29.6 Å². The number of carboxylic acids is 2. The molecule has 0 saturated carbocycles. The molecule has 0 rings (SSSR count). The van der Waals surface area contributed by atoms with Gasteiger partial charge < -0.3 is 96.3 Å². The zero-order chi connectivity index (χ0) is 70.9. The number of aliphatic hydroxyl groups excluding tert-OH is 1. The molecule has 12 atom stereocenters. The Labute approximate surface area is 542 Å². The molecule has 0 radical (unpaired) electrons. The molecule has 34 heteroatoms. The first-order valence-electron chi connectivity index (χ1n) is 30.7. The number of amides is 12. The maximum atomic E-state index is 14.2. The van der Waals surface area contributed by atoms with Crippen molar-refractivity contribution >= 4 is 101 Å². The van der Waals surface area contributed by atoms with Gasteiger partial charge >= 0.3 is 11.9 Å². The van der Waals surface area contributed by atoms with E-state index < -0.39 is 187 Å². The lowest BCUT2D eigenvalue weighted by atomic mass is 9.98. The minimum absolute atomic E-state index is 0.0117. The SMILES string of the molecule is CSCC[C@H](NC(=O)[C@@H](NC(=O)CNC(=O)[C@H](CCC(=O)O)NC(=O)[C@H](CC(C)C)NC(=O)[C@H](CC(C)C)NC(=O)[C@H](CC(C)C)NC(=O)[C@@H](NC(=O)[C@@H](N)C(C)C)[C@@H](C)O)C(C)C)C(=O)N[C@@H](C)C(=O)N[C@@H](C)C(=O)N[C@@H](CCCN=C(N)N)C(=O)NCC(=O)O. The molecule has 0 spiro atoms. The number of aliphatic hydroxyl groups is 1. The normalized spacial score (nSPS) is 15.2. The molecule has 0 fully saturated rings. The Kier molecular flexibility index (Phi) is 39.4. The van der Waals surface area contributed by atoms with E-state index in [0.717, 1.165) is 0 Å². The summed E-state index contributed by atoms with van der Waals surface area (Å²) >= 11 is 1.33. The number of aliphatic carboxylic acids is 2. The molecule has 0 bridgehead atoms. The molecule has 524 valence electrons. The fourth-order valence-electron chi connectivity index (χ4n) is 8.64. The lowest BCUT2D eigenvalue weighted by Gasteiger charge is -2.29. The van der Waals surface area contributed by atoms with Crippen LogP contribution in [-0.2, 0) is 67.1 Å². The first kappa shape index (κ1) is 84.1. The number of thioether (sulfide) groups is 1. The summed E-state index contributed by atoms with van der Waals surface area (Å²) in [6, 6.07) is -14.5. The van der Waals surface area contributed by atoms with E-state index in [1.807, 2.05) is 0 Å². The Hall–Kier alpha value is -7.88. The topological polar surface area (TPSA) is 534 Å². The highest BCUT2D eigenvalue weighted by Crippen LogP contribution is 2.14. The van der Waals surface area contributed by atoms with Crippen molar-refractivity contribution in [2.45, 2.75) is 214 Å². The Bertz CT molecular complexity index is 2530. The molecule has 0 saturated heterocycles. The third-order valence-corrected chi connectivity index (χ3v) is 14.5. The second-order valence-corrected chi connectivity index (χ2v) is 25.5. The van der Waals surface area contributed by atoms with E-state index in [-0.39, 0.29) is 74.7 Å². The number of nitrogens with two attached hydrogens (primary N) is 3. The number of carboxylic acid groups (broad SMARTS) is 2. The lowest BCUT2D eigenvalue weighted by molar-refractivity contribution is -0.139. The minimum atomic E-state index is -1.60. The fraction of sp³-hybridized carbons (Fsp3) is 0.741. The summed E-state index contributed by atoms with van der Waals surface area (Å²) in [5.74, 6) is -14.4. The van der Waals surface area contributed by atoms with Crippen LogP contribution in [0.1, 0.15) is 141 Å². The molecule has 0 heterocycles. The van der Waals surface area contributed by atoms with E-state index >= 15 is 0 Å². The zero-order valence-corrected chi connectivity index (χ0v) is 56.3. The van der Waals surface area contributed by atoms with Gasteiger partial charge in [0.2, 0.25) is 70.9 Å². The Morgan fingerprint density at radius 3 is 1.24 bits per heavy atom. The van der Waals surface area contributed by atoms with Crippen LogP contribution in [0.2, 0.25) is 0 Å². The van der Waals surface area contributed by atoms with Crippen molar-refractivity contribution < 1.29 is 82.4 Å². The first-order valence-corrected chi connectivity index (χ1v) is 32.1. The number of carbonyl (C=O) groups is 14. The predicted octanol–water partition coefficient (Wildman–Crippen LogP) is -3.98. The monoisotopic (exact) mass is 1330 g/mol. The maximum Gasteiger partial charge on any atom is 0.322 e. The van der Waals surface area contributed by atoms with Crippen molar-refractivity contribution in [3.63, 3.8) is 0 Å². The summed E-state index contributed by atoms with van der Waals surface area (Å²) in [6.45, 7) is 19.6. The number of aliphatic imine (C=N–C) groups is 1. The van der Waals surface area contributed by atoms with E-state index in [1.165, 1.54) is 32.5 Å². The summed E-state index contributed by atoms with van der Waals surface area (Å²) in [6.07, 6.45) is -0.461. The van der Waals surface area contributed by atoms with Crippen LogP contribution in [0.25, 0.3) is 0 Å². The van der Waals surface area contributed by atoms with Gasteiger partial charge in [0.05, 0.1) is 18.7 Å². The van der Waals surface area contributed by atoms with Gasteiger partial charge in [-0.2, -0.15) is 11.8 Å². The molecule has 92 heavy (non-hydrogen) atoms. The highest BCUT2D eigenvalue weighted by Gasteiger charge is 2.37. The third kappa shape index (κ3) is 34.0. The largest absolute Gasteiger partial charge is 0.481 e. The molecular weight excluding hydrogens is 1220 g/mol. The van der Waals surface area contributed by atoms with Gasteiger partial charge in [-0.25, -0.2) is 0 Å². The van der Waals surface area contributed by atoms with Crippen molar-refractivity contribution in [2.24, 2.45) is 51.8 Å². The van der Waals surface area contributed by atoms with E-state index in [2.05, 4.69) is 68.8 Å². The van der Waals surface area contributed by atoms with Crippen LogP contribution in [0.15, 0.2) is 4.99 Å². The highest BCUT2D eigenvalue weighted by molar-refractivity contribution is 7.98. The molecule has 12 amide bonds. The number of carbonyl (C=O) groups excluding carboxylic acids is 12. The van der Waals surface area contributed by atoms with Crippen LogP contribution in [0.4, 0.5) is 0 Å². The predicted molar refractivity (Wildman–Crippen MR) is 342 cm³/mol. The second kappa shape index (κ2) is 43.0. The Morgan fingerprint density at radius 2 is 0.815 bits per heavy atom. The quantitative estimate of drug-likeness (QED) is 0.0157. The lowest BCUT2D eigenvalue weighted by Crippen LogP contribution is -2.61. The van der Waals surface area contributed by atoms with Crippen molar-refractivity contribution in [3.05, 3.63) is 0 Å². The number of hydrogen-bond donors (Lipinski definition) is 18. The second-order valence-electron chi connectivity index (χ2n) is 24.5. The molecule has 0 unspecified atom stereocenters. The standard InChI is InChI=1S/C58H104N16O17S/c1-27(2)22-38(70-53(87)39(23-28(3)4)71-54(88)40(24-29(5)6)72-57(91)46(34(13)75)74-55(89)44(59)30(7)8)52(86)68-36(17-18-42(77)78)50(84)63-25-41(76)73-45(31(9)10)56(90)69-37(19-21-92-14)51(85)66-32(11)47(81)65-33(12)48(82)67-35(16-15-20-62-58(60)61)49(83)64-26-43(79)80/h27-40,44-46,75H,15-26,59H2,1-14H3,(H,63,84)(H,64,83)(H,65,81)(H,66,85)(H,67,82)(H,68,86)(H,69,90)(H,70,87)(H,71,88)(H,72,91)(H,73,76)(H,74,89)(H,77,78)(H,79,80)(H4,60,61,62)/t32-,33-,34+,35-,36-,37-,38-,39-,40-,44-,45-,46-/m0/s1. The fourth-order valence-corrected chi connectivity index (χ4v) is 9.11. The summed E-state index contributed by atoms with van der Waals surface area (Å²) in [5, 5.41) is 58.9. The van der Waals surface area contributed by atoms with Gasteiger partial charge in [0, 0.05) is 13.0 Å². The third-order valence-electron chi connectivity index (χ3n) is 13.8. The molecule has 0 aliphatic carbocycles. The highest BCUT2D eigenvalue weighted by atomic mass is 32.2. The summed E-state index contributed by atoms with van der Waals surface area (Å²) in [5.41, 5.74) is 16.6. The number of rotatable bonds is 44. The average molecular weight is 1330 g/mol. The van der Waals surface area contributed by atoms with Crippen molar-refractivity contribution in [2.75, 3.05) is 31.6 Å². The zero-order valence-electron chi connectivity index (χ0n) is 55.4. The van der Waals surface area contributed by atoms with Gasteiger partial charge in [-0.1, -0.05) is 69.2 Å². The van der Waals surface area contributed by atoms with Crippen LogP contribution in [0.5, 0.6) is 0 Å². The van der Waals surface area contributed by atoms with Gasteiger partial charge in [0.25, 0.3) is 0 Å².